The molecular formula is C16H31N3O2. The number of hydrogen-bond acceptors (Lipinski definition) is 3. The minimum atomic E-state index is -0.463. The van der Waals surface area contributed by atoms with E-state index in [1.807, 2.05) is 25.9 Å². The number of nitrogens with zero attached hydrogens (tertiary/aromatic N) is 1. The van der Waals surface area contributed by atoms with Gasteiger partial charge in [0.25, 0.3) is 0 Å². The van der Waals surface area contributed by atoms with Crippen molar-refractivity contribution in [2.45, 2.75) is 64.5 Å². The number of hydrogen-bond donors (Lipinski definition) is 2. The van der Waals surface area contributed by atoms with Gasteiger partial charge in [0, 0.05) is 19.0 Å². The van der Waals surface area contributed by atoms with E-state index in [1.54, 1.807) is 6.92 Å². The smallest absolute Gasteiger partial charge is 0.242 e. The zero-order valence-electron chi connectivity index (χ0n) is 13.9. The van der Waals surface area contributed by atoms with Crippen LogP contribution in [0.15, 0.2) is 0 Å². The number of amides is 2. The van der Waals surface area contributed by atoms with E-state index in [9.17, 15) is 9.59 Å². The van der Waals surface area contributed by atoms with Gasteiger partial charge in [-0.15, -0.1) is 0 Å². The molecule has 5 heteroatoms. The fourth-order valence-corrected chi connectivity index (χ4v) is 2.60. The van der Waals surface area contributed by atoms with Gasteiger partial charge in [-0.05, 0) is 46.7 Å². The highest BCUT2D eigenvalue weighted by Crippen LogP contribution is 2.26. The van der Waals surface area contributed by atoms with Gasteiger partial charge in [0.2, 0.25) is 11.8 Å². The van der Waals surface area contributed by atoms with Crippen LogP contribution < -0.4 is 10.6 Å². The van der Waals surface area contributed by atoms with E-state index in [-0.39, 0.29) is 17.9 Å². The maximum Gasteiger partial charge on any atom is 0.242 e. The summed E-state index contributed by atoms with van der Waals surface area (Å²) in [4.78, 5) is 26.0. The molecule has 2 atom stereocenters. The van der Waals surface area contributed by atoms with Gasteiger partial charge in [-0.2, -0.15) is 0 Å². The van der Waals surface area contributed by atoms with Crippen molar-refractivity contribution in [3.63, 3.8) is 0 Å². The van der Waals surface area contributed by atoms with Crippen LogP contribution in [-0.2, 0) is 9.59 Å². The maximum absolute atomic E-state index is 12.0. The van der Waals surface area contributed by atoms with Crippen molar-refractivity contribution in [2.75, 3.05) is 20.6 Å². The van der Waals surface area contributed by atoms with Crippen LogP contribution in [0.1, 0.15) is 52.4 Å². The van der Waals surface area contributed by atoms with E-state index in [0.29, 0.717) is 18.9 Å². The van der Waals surface area contributed by atoms with Crippen molar-refractivity contribution < 1.29 is 9.59 Å². The summed E-state index contributed by atoms with van der Waals surface area (Å²) in [6.07, 6.45) is 6.61. The summed E-state index contributed by atoms with van der Waals surface area (Å²) >= 11 is 0. The van der Waals surface area contributed by atoms with Crippen LogP contribution in [0, 0.1) is 5.92 Å². The van der Waals surface area contributed by atoms with Crippen LogP contribution >= 0.6 is 0 Å². The van der Waals surface area contributed by atoms with Crippen LogP contribution in [0.3, 0.4) is 0 Å². The molecule has 2 N–H and O–H groups in total. The van der Waals surface area contributed by atoms with Gasteiger partial charge in [0.15, 0.2) is 0 Å². The molecule has 0 aromatic carbocycles. The molecule has 0 aromatic heterocycles. The number of carbonyl (C=O) groups excluding carboxylic acids is 2. The molecule has 0 heterocycles. The lowest BCUT2D eigenvalue weighted by Gasteiger charge is -2.23. The zero-order valence-corrected chi connectivity index (χ0v) is 13.9. The third kappa shape index (κ3) is 6.93. The number of nitrogens with one attached hydrogen (secondary N) is 2. The van der Waals surface area contributed by atoms with E-state index in [4.69, 9.17) is 0 Å². The third-order valence-electron chi connectivity index (χ3n) is 4.42. The first-order valence-electron chi connectivity index (χ1n) is 8.13. The van der Waals surface area contributed by atoms with Crippen molar-refractivity contribution in [3.8, 4) is 0 Å². The molecule has 0 aliphatic heterocycles. The highest BCUT2D eigenvalue weighted by atomic mass is 16.2. The lowest BCUT2D eigenvalue weighted by molar-refractivity contribution is -0.129. The molecule has 0 spiro atoms. The van der Waals surface area contributed by atoms with Crippen LogP contribution in [0.2, 0.25) is 0 Å². The molecule has 0 radical (unpaired) electrons. The van der Waals surface area contributed by atoms with Crippen molar-refractivity contribution in [1.29, 1.82) is 0 Å². The Bertz CT molecular complexity index is 338. The first kappa shape index (κ1) is 18.0. The van der Waals surface area contributed by atoms with Crippen LogP contribution in [0.5, 0.6) is 0 Å². The highest BCUT2D eigenvalue weighted by Gasteiger charge is 2.20. The molecule has 5 nitrogen and oxygen atoms in total. The molecule has 2 amide bonds. The predicted octanol–water partition coefficient (Wildman–Crippen LogP) is 1.53. The van der Waals surface area contributed by atoms with Crippen molar-refractivity contribution in [1.82, 2.24) is 15.5 Å². The summed E-state index contributed by atoms with van der Waals surface area (Å²) in [5.41, 5.74) is 0. The fraction of sp³-hybridized carbons (Fsp3) is 0.875. The summed E-state index contributed by atoms with van der Waals surface area (Å²) in [7, 11) is 3.96. The van der Waals surface area contributed by atoms with Gasteiger partial charge in [-0.1, -0.05) is 19.3 Å². The minimum absolute atomic E-state index is 0.00482. The second kappa shape index (κ2) is 9.03. The molecule has 1 fully saturated rings. The van der Waals surface area contributed by atoms with Gasteiger partial charge >= 0.3 is 0 Å². The van der Waals surface area contributed by atoms with Gasteiger partial charge < -0.3 is 15.5 Å². The minimum Gasteiger partial charge on any atom is -0.353 e. The quantitative estimate of drug-likeness (QED) is 0.749. The Morgan fingerprint density at radius 1 is 1.14 bits per heavy atom. The standard InChI is InChI=1S/C16H31N3O2/c1-12(19(3)4)11-17-16(21)13(2)18-15(20)10-14-8-6-5-7-9-14/h12-14H,5-11H2,1-4H3,(H,17,21)(H,18,20)/t12-,13+/m1/s1. The van der Waals surface area contributed by atoms with Crippen LogP contribution in [0.25, 0.3) is 0 Å². The lowest BCUT2D eigenvalue weighted by atomic mass is 9.87. The number of likely N-dealkylation sites (N-methyl/N-ethyl adjacent to an activating group) is 1. The van der Waals surface area contributed by atoms with Crippen LogP contribution in [-0.4, -0.2) is 49.4 Å². The molecule has 1 rings (SSSR count). The van der Waals surface area contributed by atoms with Crippen molar-refractivity contribution in [3.05, 3.63) is 0 Å². The molecule has 1 aliphatic rings. The van der Waals surface area contributed by atoms with Gasteiger partial charge in [-0.25, -0.2) is 0 Å². The molecule has 0 aromatic rings. The summed E-state index contributed by atoms with van der Waals surface area (Å²) < 4.78 is 0. The molecule has 21 heavy (non-hydrogen) atoms. The molecule has 0 bridgehead atoms. The Hall–Kier alpha value is -1.10. The van der Waals surface area contributed by atoms with E-state index in [0.717, 1.165) is 12.8 Å². The first-order valence-corrected chi connectivity index (χ1v) is 8.13. The average Bonchev–Trinajstić information content (AvgIpc) is 2.44. The Morgan fingerprint density at radius 3 is 2.33 bits per heavy atom. The zero-order chi connectivity index (χ0) is 15.8. The van der Waals surface area contributed by atoms with Gasteiger partial charge in [0.05, 0.1) is 0 Å². The lowest BCUT2D eigenvalue weighted by Crippen LogP contribution is -2.48. The van der Waals surface area contributed by atoms with E-state index >= 15 is 0 Å². The Labute approximate surface area is 128 Å². The molecule has 1 aliphatic carbocycles. The Morgan fingerprint density at radius 2 is 1.76 bits per heavy atom. The number of rotatable bonds is 7. The summed E-state index contributed by atoms with van der Waals surface area (Å²) in [6.45, 7) is 4.38. The second-order valence-electron chi connectivity index (χ2n) is 6.56. The monoisotopic (exact) mass is 297 g/mol. The Balaban J connectivity index is 2.25. The second-order valence-corrected chi connectivity index (χ2v) is 6.56. The van der Waals surface area contributed by atoms with E-state index < -0.39 is 6.04 Å². The molecule has 0 saturated heterocycles. The molecule has 122 valence electrons. The first-order chi connectivity index (χ1) is 9.90. The summed E-state index contributed by atoms with van der Waals surface area (Å²) in [6, 6.07) is -0.186. The SMILES string of the molecule is C[C@H](NC(=O)CC1CCCCC1)C(=O)NC[C@@H](C)N(C)C. The Kier molecular flexibility index (Phi) is 7.72. The molecular weight excluding hydrogens is 266 g/mol. The predicted molar refractivity (Wildman–Crippen MR) is 85.0 cm³/mol. The summed E-state index contributed by atoms with van der Waals surface area (Å²) in [5.74, 6) is 0.397. The highest BCUT2D eigenvalue weighted by molar-refractivity contribution is 5.87. The fourth-order valence-electron chi connectivity index (χ4n) is 2.60. The molecule has 1 saturated carbocycles. The van der Waals surface area contributed by atoms with Crippen molar-refractivity contribution in [2.24, 2.45) is 5.92 Å². The van der Waals surface area contributed by atoms with Gasteiger partial charge in [0.1, 0.15) is 6.04 Å². The van der Waals surface area contributed by atoms with Crippen LogP contribution in [0.4, 0.5) is 0 Å². The third-order valence-corrected chi connectivity index (χ3v) is 4.42. The average molecular weight is 297 g/mol. The van der Waals surface area contributed by atoms with Gasteiger partial charge in [-0.3, -0.25) is 9.59 Å². The van der Waals surface area contributed by atoms with Crippen molar-refractivity contribution >= 4 is 11.8 Å². The van der Waals surface area contributed by atoms with E-state index in [2.05, 4.69) is 10.6 Å². The maximum atomic E-state index is 12.0. The topological polar surface area (TPSA) is 61.4 Å². The normalized spacial score (nSPS) is 19.1. The summed E-state index contributed by atoms with van der Waals surface area (Å²) in [5, 5.41) is 5.69. The van der Waals surface area contributed by atoms with E-state index in [1.165, 1.54) is 19.3 Å². The number of carbonyl (C=O) groups is 2. The largest absolute Gasteiger partial charge is 0.353 e. The molecule has 0 unspecified atom stereocenters.